The highest BCUT2D eigenvalue weighted by Crippen LogP contribution is 2.37. The van der Waals surface area contributed by atoms with Crippen molar-refractivity contribution in [3.63, 3.8) is 0 Å². The fourth-order valence-electron chi connectivity index (χ4n) is 5.21. The third-order valence-corrected chi connectivity index (χ3v) is 8.28. The second-order valence-electron chi connectivity index (χ2n) is 11.5. The van der Waals surface area contributed by atoms with Crippen LogP contribution in [0.5, 0.6) is 0 Å². The van der Waals surface area contributed by atoms with Gasteiger partial charge in [0.05, 0.1) is 11.2 Å². The SMILES string of the molecule is CC1(C)OB(c2ccc3cc(-c4cccc(-c5nc6ccc(-c7ccccc7)cn6n5)c4)ccc3c2)OC1(C)C. The number of pyridine rings is 1. The molecule has 0 unspecified atom stereocenters. The van der Waals surface area contributed by atoms with Crippen molar-refractivity contribution in [1.82, 2.24) is 14.6 Å². The molecule has 1 fully saturated rings. The zero-order valence-corrected chi connectivity index (χ0v) is 23.1. The highest BCUT2D eigenvalue weighted by molar-refractivity contribution is 6.62. The van der Waals surface area contributed by atoms with E-state index in [4.69, 9.17) is 19.4 Å². The highest BCUT2D eigenvalue weighted by Gasteiger charge is 2.51. The van der Waals surface area contributed by atoms with E-state index in [0.29, 0.717) is 5.82 Å². The van der Waals surface area contributed by atoms with Gasteiger partial charge in [-0.15, -0.1) is 5.10 Å². The quantitative estimate of drug-likeness (QED) is 0.230. The summed E-state index contributed by atoms with van der Waals surface area (Å²) in [5.41, 5.74) is 6.66. The van der Waals surface area contributed by atoms with E-state index in [2.05, 4.69) is 107 Å². The smallest absolute Gasteiger partial charge is 0.399 e. The predicted octanol–water partition coefficient (Wildman–Crippen LogP) is 7.18. The second-order valence-corrected chi connectivity index (χ2v) is 11.5. The van der Waals surface area contributed by atoms with Gasteiger partial charge in [-0.05, 0) is 84.9 Å². The lowest BCUT2D eigenvalue weighted by Gasteiger charge is -2.32. The summed E-state index contributed by atoms with van der Waals surface area (Å²) in [7, 11) is -0.368. The molecule has 196 valence electrons. The Morgan fingerprint density at radius 1 is 0.600 bits per heavy atom. The number of hydrogen-bond acceptors (Lipinski definition) is 4. The van der Waals surface area contributed by atoms with Crippen molar-refractivity contribution in [3.8, 4) is 33.6 Å². The van der Waals surface area contributed by atoms with Crippen molar-refractivity contribution in [2.45, 2.75) is 38.9 Å². The molecule has 6 heteroatoms. The maximum atomic E-state index is 6.26. The molecule has 5 nitrogen and oxygen atoms in total. The third-order valence-electron chi connectivity index (χ3n) is 8.28. The number of benzene rings is 4. The van der Waals surface area contributed by atoms with Gasteiger partial charge in [0.25, 0.3) is 0 Å². The summed E-state index contributed by atoms with van der Waals surface area (Å²) in [5, 5.41) is 7.13. The van der Waals surface area contributed by atoms with E-state index < -0.39 is 0 Å². The Balaban J connectivity index is 1.18. The lowest BCUT2D eigenvalue weighted by molar-refractivity contribution is 0.00578. The van der Waals surface area contributed by atoms with E-state index in [0.717, 1.165) is 44.3 Å². The van der Waals surface area contributed by atoms with E-state index >= 15 is 0 Å². The summed E-state index contributed by atoms with van der Waals surface area (Å²) < 4.78 is 14.4. The number of nitrogens with zero attached hydrogens (tertiary/aromatic N) is 3. The van der Waals surface area contributed by atoms with Crippen LogP contribution in [0.15, 0.2) is 109 Å². The van der Waals surface area contributed by atoms with E-state index in [1.807, 2.05) is 35.0 Å². The molecule has 0 amide bonds. The summed E-state index contributed by atoms with van der Waals surface area (Å²) in [6, 6.07) is 35.8. The fourth-order valence-corrected chi connectivity index (χ4v) is 5.21. The van der Waals surface area contributed by atoms with E-state index in [9.17, 15) is 0 Å². The Kier molecular flexibility index (Phi) is 5.67. The number of aromatic nitrogens is 3. The van der Waals surface area contributed by atoms with Crippen molar-refractivity contribution in [1.29, 1.82) is 0 Å². The standard InChI is InChI=1S/C34H30BN3O2/c1-33(2)34(3,4)40-35(39-33)30-17-15-26-19-25(13-14-27(26)21-30)24-11-8-12-28(20-24)32-36-31-18-16-29(22-38(31)37-32)23-9-6-5-7-10-23/h5-22H,1-4H3. The average Bonchev–Trinajstić information content (AvgIpc) is 3.49. The van der Waals surface area contributed by atoms with Crippen LogP contribution in [-0.4, -0.2) is 32.9 Å². The molecule has 0 bridgehead atoms. The summed E-state index contributed by atoms with van der Waals surface area (Å²) in [5.74, 6) is 0.708. The molecule has 7 rings (SSSR count). The Morgan fingerprint density at radius 3 is 2.05 bits per heavy atom. The summed E-state index contributed by atoms with van der Waals surface area (Å²) in [4.78, 5) is 4.80. The van der Waals surface area contributed by atoms with Gasteiger partial charge in [0.1, 0.15) is 0 Å². The molecule has 4 aromatic carbocycles. The molecular weight excluding hydrogens is 493 g/mol. The van der Waals surface area contributed by atoms with Crippen LogP contribution in [0.1, 0.15) is 27.7 Å². The van der Waals surface area contributed by atoms with Crippen LogP contribution in [0.3, 0.4) is 0 Å². The molecule has 1 aliphatic heterocycles. The van der Waals surface area contributed by atoms with Crippen molar-refractivity contribution >= 4 is 29.0 Å². The molecule has 0 N–H and O–H groups in total. The van der Waals surface area contributed by atoms with Crippen LogP contribution in [0, 0.1) is 0 Å². The Labute approximate surface area is 234 Å². The number of fused-ring (bicyclic) bond motifs is 2. The van der Waals surface area contributed by atoms with Crippen molar-refractivity contribution in [2.24, 2.45) is 0 Å². The molecule has 0 aliphatic carbocycles. The first-order valence-corrected chi connectivity index (χ1v) is 13.7. The zero-order valence-electron chi connectivity index (χ0n) is 23.1. The van der Waals surface area contributed by atoms with Gasteiger partial charge in [-0.25, -0.2) is 9.50 Å². The molecule has 6 aromatic rings. The lowest BCUT2D eigenvalue weighted by atomic mass is 9.78. The van der Waals surface area contributed by atoms with Crippen LogP contribution in [0.25, 0.3) is 50.1 Å². The maximum absolute atomic E-state index is 6.26. The molecule has 1 aliphatic rings. The van der Waals surface area contributed by atoms with E-state index in [-0.39, 0.29) is 18.3 Å². The number of rotatable bonds is 4. The summed E-state index contributed by atoms with van der Waals surface area (Å²) in [6.07, 6.45) is 2.03. The van der Waals surface area contributed by atoms with Crippen LogP contribution in [0.4, 0.5) is 0 Å². The second kappa shape index (κ2) is 9.15. The molecule has 0 saturated carbocycles. The molecule has 2 aromatic heterocycles. The lowest BCUT2D eigenvalue weighted by Crippen LogP contribution is -2.41. The average molecular weight is 523 g/mol. The third kappa shape index (κ3) is 4.30. The first-order valence-electron chi connectivity index (χ1n) is 13.7. The molecule has 40 heavy (non-hydrogen) atoms. The minimum atomic E-state index is -0.368. The normalized spacial score (nSPS) is 16.1. The van der Waals surface area contributed by atoms with E-state index in [1.54, 1.807) is 0 Å². The Hall–Kier alpha value is -4.26. The first kappa shape index (κ1) is 24.8. The highest BCUT2D eigenvalue weighted by atomic mass is 16.7. The minimum absolute atomic E-state index is 0.360. The molecule has 0 atom stereocenters. The Bertz CT molecular complexity index is 1860. The topological polar surface area (TPSA) is 48.7 Å². The molecular formula is C34H30BN3O2. The predicted molar refractivity (Wildman–Crippen MR) is 163 cm³/mol. The van der Waals surface area contributed by atoms with E-state index in [1.165, 1.54) is 5.39 Å². The van der Waals surface area contributed by atoms with Crippen LogP contribution in [-0.2, 0) is 9.31 Å². The summed E-state index contributed by atoms with van der Waals surface area (Å²) in [6.45, 7) is 8.33. The zero-order chi connectivity index (χ0) is 27.5. The van der Waals surface area contributed by atoms with Gasteiger partial charge >= 0.3 is 7.12 Å². The van der Waals surface area contributed by atoms with Gasteiger partial charge in [0, 0.05) is 17.3 Å². The maximum Gasteiger partial charge on any atom is 0.494 e. The molecule has 3 heterocycles. The van der Waals surface area contributed by atoms with Gasteiger partial charge < -0.3 is 9.31 Å². The van der Waals surface area contributed by atoms with Crippen molar-refractivity contribution in [3.05, 3.63) is 109 Å². The monoisotopic (exact) mass is 523 g/mol. The van der Waals surface area contributed by atoms with Gasteiger partial charge in [-0.2, -0.15) is 0 Å². The van der Waals surface area contributed by atoms with Crippen LogP contribution in [0.2, 0.25) is 0 Å². The largest absolute Gasteiger partial charge is 0.494 e. The van der Waals surface area contributed by atoms with Gasteiger partial charge in [-0.1, -0.05) is 78.9 Å². The van der Waals surface area contributed by atoms with Crippen LogP contribution < -0.4 is 5.46 Å². The molecule has 1 saturated heterocycles. The minimum Gasteiger partial charge on any atom is -0.399 e. The summed E-state index contributed by atoms with van der Waals surface area (Å²) >= 11 is 0. The van der Waals surface area contributed by atoms with Gasteiger partial charge in [0.2, 0.25) is 0 Å². The van der Waals surface area contributed by atoms with Crippen molar-refractivity contribution < 1.29 is 9.31 Å². The first-order chi connectivity index (χ1) is 19.3. The number of hydrogen-bond donors (Lipinski definition) is 0. The fraction of sp³-hybridized carbons (Fsp3) is 0.176. The van der Waals surface area contributed by atoms with Crippen molar-refractivity contribution in [2.75, 3.05) is 0 Å². The molecule has 0 radical (unpaired) electrons. The Morgan fingerprint density at radius 2 is 1.25 bits per heavy atom. The van der Waals surface area contributed by atoms with Gasteiger partial charge in [0.15, 0.2) is 11.5 Å². The molecule has 0 spiro atoms. The van der Waals surface area contributed by atoms with Gasteiger partial charge in [-0.3, -0.25) is 0 Å². The van der Waals surface area contributed by atoms with Crippen LogP contribution >= 0.6 is 0 Å².